The first-order valence-electron chi connectivity index (χ1n) is 6.40. The van der Waals surface area contributed by atoms with E-state index in [1.54, 1.807) is 30.3 Å². The summed E-state index contributed by atoms with van der Waals surface area (Å²) < 4.78 is 22.7. The van der Waals surface area contributed by atoms with Crippen LogP contribution < -0.4 is 11.1 Å². The van der Waals surface area contributed by atoms with Crippen molar-refractivity contribution in [2.24, 2.45) is 0 Å². The Balaban J connectivity index is 1.93. The minimum atomic E-state index is -3.14. The second-order valence-corrected chi connectivity index (χ2v) is 7.30. The van der Waals surface area contributed by atoms with Crippen LogP contribution in [0.2, 0.25) is 5.02 Å². The van der Waals surface area contributed by atoms with Crippen molar-refractivity contribution in [1.82, 2.24) is 5.32 Å². The number of sulfone groups is 1. The molecule has 0 atom stereocenters. The summed E-state index contributed by atoms with van der Waals surface area (Å²) in [6.07, 6.45) is 1.20. The van der Waals surface area contributed by atoms with Crippen LogP contribution in [0.25, 0.3) is 0 Å². The number of benzene rings is 2. The molecule has 2 aromatic rings. The van der Waals surface area contributed by atoms with Crippen molar-refractivity contribution in [2.75, 3.05) is 12.0 Å². The van der Waals surface area contributed by atoms with E-state index in [-0.39, 0.29) is 0 Å². The van der Waals surface area contributed by atoms with Gasteiger partial charge in [-0.25, -0.2) is 8.42 Å². The van der Waals surface area contributed by atoms with Gasteiger partial charge < -0.3 is 11.1 Å². The predicted octanol–water partition coefficient (Wildman–Crippen LogP) is 2.62. The summed E-state index contributed by atoms with van der Waals surface area (Å²) in [5.41, 5.74) is 8.28. The normalized spacial score (nSPS) is 11.5. The van der Waals surface area contributed by atoms with E-state index in [0.29, 0.717) is 28.7 Å². The van der Waals surface area contributed by atoms with Gasteiger partial charge in [-0.15, -0.1) is 0 Å². The number of hydrogen-bond donors (Lipinski definition) is 2. The second kappa shape index (κ2) is 6.47. The lowest BCUT2D eigenvalue weighted by atomic mass is 10.2. The molecular formula is C15H17ClN2O2S. The molecule has 0 bridgehead atoms. The lowest BCUT2D eigenvalue weighted by Gasteiger charge is -2.07. The molecule has 0 aliphatic heterocycles. The molecule has 0 unspecified atom stereocenters. The highest BCUT2D eigenvalue weighted by Gasteiger charge is 2.06. The van der Waals surface area contributed by atoms with Gasteiger partial charge >= 0.3 is 0 Å². The molecule has 6 heteroatoms. The highest BCUT2D eigenvalue weighted by molar-refractivity contribution is 7.90. The van der Waals surface area contributed by atoms with Gasteiger partial charge in [0.2, 0.25) is 0 Å². The van der Waals surface area contributed by atoms with Crippen molar-refractivity contribution in [3.05, 3.63) is 58.6 Å². The zero-order valence-electron chi connectivity index (χ0n) is 11.6. The largest absolute Gasteiger partial charge is 0.398 e. The standard InChI is InChI=1S/C15H17ClN2O2S/c1-21(19,20)13-5-2-11(3-6-13)9-18-10-12-4-7-15(17)14(16)8-12/h2-8,18H,9-10,17H2,1H3. The Morgan fingerprint density at radius 3 is 2.19 bits per heavy atom. The quantitative estimate of drug-likeness (QED) is 0.829. The minimum Gasteiger partial charge on any atom is -0.398 e. The first-order chi connectivity index (χ1) is 9.86. The molecule has 0 aliphatic carbocycles. The van der Waals surface area contributed by atoms with Crippen LogP contribution in [0.1, 0.15) is 11.1 Å². The van der Waals surface area contributed by atoms with E-state index in [1.165, 1.54) is 6.26 Å². The lowest BCUT2D eigenvalue weighted by Crippen LogP contribution is -2.12. The number of nitrogen functional groups attached to an aromatic ring is 1. The van der Waals surface area contributed by atoms with E-state index in [4.69, 9.17) is 17.3 Å². The van der Waals surface area contributed by atoms with E-state index in [0.717, 1.165) is 11.1 Å². The average molecular weight is 325 g/mol. The summed E-state index contributed by atoms with van der Waals surface area (Å²) in [6, 6.07) is 12.4. The molecule has 3 N–H and O–H groups in total. The third kappa shape index (κ3) is 4.46. The fourth-order valence-electron chi connectivity index (χ4n) is 1.89. The maximum Gasteiger partial charge on any atom is 0.175 e. The van der Waals surface area contributed by atoms with Crippen LogP contribution in [0.15, 0.2) is 47.4 Å². The van der Waals surface area contributed by atoms with Gasteiger partial charge in [0.05, 0.1) is 15.6 Å². The summed E-state index contributed by atoms with van der Waals surface area (Å²) in [5.74, 6) is 0. The topological polar surface area (TPSA) is 72.2 Å². The maximum atomic E-state index is 11.4. The zero-order valence-corrected chi connectivity index (χ0v) is 13.2. The van der Waals surface area contributed by atoms with Crippen LogP contribution in [0.4, 0.5) is 5.69 Å². The van der Waals surface area contributed by atoms with Gasteiger partial charge in [0.25, 0.3) is 0 Å². The Hall–Kier alpha value is -1.56. The maximum absolute atomic E-state index is 11.4. The first kappa shape index (κ1) is 15.8. The van der Waals surface area contributed by atoms with E-state index in [9.17, 15) is 8.42 Å². The molecule has 0 amide bonds. The Kier molecular flexibility index (Phi) is 4.88. The fourth-order valence-corrected chi connectivity index (χ4v) is 2.72. The number of halogens is 1. The van der Waals surface area contributed by atoms with Crippen molar-refractivity contribution in [1.29, 1.82) is 0 Å². The van der Waals surface area contributed by atoms with Crippen LogP contribution in [-0.4, -0.2) is 14.7 Å². The molecule has 112 valence electrons. The lowest BCUT2D eigenvalue weighted by molar-refractivity contribution is 0.602. The highest BCUT2D eigenvalue weighted by Crippen LogP contribution is 2.19. The summed E-state index contributed by atoms with van der Waals surface area (Å²) in [7, 11) is -3.14. The summed E-state index contributed by atoms with van der Waals surface area (Å²) in [5, 5.41) is 3.82. The molecule has 0 radical (unpaired) electrons. The predicted molar refractivity (Wildman–Crippen MR) is 86.0 cm³/mol. The number of rotatable bonds is 5. The van der Waals surface area contributed by atoms with Gasteiger partial charge in [-0.1, -0.05) is 29.8 Å². The van der Waals surface area contributed by atoms with Gasteiger partial charge in [0.15, 0.2) is 9.84 Å². The molecule has 0 fully saturated rings. The van der Waals surface area contributed by atoms with Crippen LogP contribution in [0, 0.1) is 0 Å². The molecule has 0 saturated carbocycles. The smallest absolute Gasteiger partial charge is 0.175 e. The number of hydrogen-bond acceptors (Lipinski definition) is 4. The van der Waals surface area contributed by atoms with Crippen LogP contribution in [0.3, 0.4) is 0 Å². The van der Waals surface area contributed by atoms with Crippen molar-refractivity contribution >= 4 is 27.1 Å². The van der Waals surface area contributed by atoms with Crippen molar-refractivity contribution in [3.8, 4) is 0 Å². The third-order valence-corrected chi connectivity index (χ3v) is 4.53. The Bertz CT molecular complexity index is 728. The van der Waals surface area contributed by atoms with Gasteiger partial charge in [-0.3, -0.25) is 0 Å². The van der Waals surface area contributed by atoms with Crippen LogP contribution >= 0.6 is 11.6 Å². The molecule has 0 spiro atoms. The zero-order chi connectivity index (χ0) is 15.5. The molecule has 0 heterocycles. The van der Waals surface area contributed by atoms with Crippen molar-refractivity contribution in [2.45, 2.75) is 18.0 Å². The Morgan fingerprint density at radius 1 is 1.05 bits per heavy atom. The molecular weight excluding hydrogens is 308 g/mol. The molecule has 2 aromatic carbocycles. The summed E-state index contributed by atoms with van der Waals surface area (Å²) in [6.45, 7) is 1.31. The third-order valence-electron chi connectivity index (χ3n) is 3.07. The van der Waals surface area contributed by atoms with E-state index in [1.807, 2.05) is 12.1 Å². The molecule has 21 heavy (non-hydrogen) atoms. The molecule has 0 aromatic heterocycles. The minimum absolute atomic E-state index is 0.330. The van der Waals surface area contributed by atoms with Crippen LogP contribution in [0.5, 0.6) is 0 Å². The van der Waals surface area contributed by atoms with Gasteiger partial charge in [0, 0.05) is 19.3 Å². The number of nitrogens with one attached hydrogen (secondary N) is 1. The molecule has 2 rings (SSSR count). The highest BCUT2D eigenvalue weighted by atomic mass is 35.5. The fraction of sp³-hybridized carbons (Fsp3) is 0.200. The summed E-state index contributed by atoms with van der Waals surface area (Å²) >= 11 is 5.96. The van der Waals surface area contributed by atoms with Gasteiger partial charge in [-0.2, -0.15) is 0 Å². The van der Waals surface area contributed by atoms with E-state index >= 15 is 0 Å². The summed E-state index contributed by atoms with van der Waals surface area (Å²) in [4.78, 5) is 0.330. The van der Waals surface area contributed by atoms with E-state index < -0.39 is 9.84 Å². The van der Waals surface area contributed by atoms with Gasteiger partial charge in [0.1, 0.15) is 0 Å². The second-order valence-electron chi connectivity index (χ2n) is 4.88. The number of anilines is 1. The molecule has 0 aliphatic rings. The average Bonchev–Trinajstić information content (AvgIpc) is 2.42. The Morgan fingerprint density at radius 2 is 1.62 bits per heavy atom. The van der Waals surface area contributed by atoms with Crippen LogP contribution in [-0.2, 0) is 22.9 Å². The van der Waals surface area contributed by atoms with Crippen molar-refractivity contribution in [3.63, 3.8) is 0 Å². The SMILES string of the molecule is CS(=O)(=O)c1ccc(CNCc2ccc(N)c(Cl)c2)cc1. The monoisotopic (exact) mass is 324 g/mol. The Labute approximate surface area is 129 Å². The van der Waals surface area contributed by atoms with Crippen molar-refractivity contribution < 1.29 is 8.42 Å². The van der Waals surface area contributed by atoms with E-state index in [2.05, 4.69) is 5.32 Å². The molecule has 4 nitrogen and oxygen atoms in total. The number of nitrogens with two attached hydrogens (primary N) is 1. The van der Waals surface area contributed by atoms with Gasteiger partial charge in [-0.05, 0) is 35.4 Å². The first-order valence-corrected chi connectivity index (χ1v) is 8.67. The molecule has 0 saturated heterocycles.